The minimum Gasteiger partial charge on any atom is -0.307 e. The highest BCUT2D eigenvalue weighted by Gasteiger charge is 2.26. The van der Waals surface area contributed by atoms with Crippen LogP contribution in [-0.4, -0.2) is 18.0 Å². The van der Waals surface area contributed by atoms with Crippen LogP contribution in [0.15, 0.2) is 24.3 Å². The summed E-state index contributed by atoms with van der Waals surface area (Å²) in [6, 6.07) is 0.963. The molecule has 1 aliphatic carbocycles. The number of halogens is 1. The molecule has 0 aliphatic heterocycles. The lowest BCUT2D eigenvalue weighted by atomic mass is 9.79. The quantitative estimate of drug-likeness (QED) is 0.0825. The third-order valence-corrected chi connectivity index (χ3v) is 9.65. The smallest absolute Gasteiger partial charge is 0.0302 e. The Morgan fingerprint density at radius 3 is 2.22 bits per heavy atom. The summed E-state index contributed by atoms with van der Waals surface area (Å²) in [5, 5.41) is 4.12. The van der Waals surface area contributed by atoms with Crippen LogP contribution in [-0.2, 0) is 0 Å². The van der Waals surface area contributed by atoms with Gasteiger partial charge in [0.05, 0.1) is 0 Å². The molecule has 1 aliphatic rings. The van der Waals surface area contributed by atoms with E-state index in [0.29, 0.717) is 18.0 Å². The third kappa shape index (κ3) is 15.2. The highest BCUT2D eigenvalue weighted by molar-refractivity contribution is 6.17. The molecule has 0 bridgehead atoms. The molecule has 0 aromatic heterocycles. The molecular weight excluding hydrogens is 470 g/mol. The number of hydrogen-bond donors (Lipinski definition) is 1. The molecule has 37 heavy (non-hydrogen) atoms. The summed E-state index contributed by atoms with van der Waals surface area (Å²) in [5.41, 5.74) is 1.43. The summed E-state index contributed by atoms with van der Waals surface area (Å²) in [7, 11) is 0. The van der Waals surface area contributed by atoms with Gasteiger partial charge in [-0.3, -0.25) is 0 Å². The monoisotopic (exact) mass is 535 g/mol. The number of nitrogens with one attached hydrogen (secondary N) is 1. The molecule has 4 unspecified atom stereocenters. The van der Waals surface area contributed by atoms with E-state index in [2.05, 4.69) is 72.5 Å². The Morgan fingerprint density at radius 1 is 0.946 bits per heavy atom. The molecule has 0 aromatic rings. The lowest BCUT2D eigenvalue weighted by Gasteiger charge is -2.35. The third-order valence-electron chi connectivity index (χ3n) is 9.38. The van der Waals surface area contributed by atoms with E-state index in [-0.39, 0.29) is 0 Å². The van der Waals surface area contributed by atoms with Crippen molar-refractivity contribution in [3.8, 4) is 0 Å². The van der Waals surface area contributed by atoms with Crippen molar-refractivity contribution in [2.75, 3.05) is 5.88 Å². The van der Waals surface area contributed by atoms with Crippen LogP contribution in [0, 0.1) is 35.5 Å². The topological polar surface area (TPSA) is 12.0 Å². The van der Waals surface area contributed by atoms with E-state index in [1.165, 1.54) is 102 Å². The van der Waals surface area contributed by atoms with Crippen LogP contribution in [0.3, 0.4) is 0 Å². The van der Waals surface area contributed by atoms with Crippen LogP contribution in [0.2, 0.25) is 0 Å². The van der Waals surface area contributed by atoms with Gasteiger partial charge in [0, 0.05) is 18.0 Å². The normalized spacial score (nSPS) is 20.2. The van der Waals surface area contributed by atoms with Gasteiger partial charge in [-0.15, -0.1) is 11.6 Å². The lowest BCUT2D eigenvalue weighted by molar-refractivity contribution is 0.228. The minimum atomic E-state index is 0.427. The van der Waals surface area contributed by atoms with Crippen molar-refractivity contribution in [3.63, 3.8) is 0 Å². The second-order valence-electron chi connectivity index (χ2n) is 13.3. The minimum absolute atomic E-state index is 0.427. The molecule has 0 saturated carbocycles. The Kier molecular flexibility index (Phi) is 19.4. The summed E-state index contributed by atoms with van der Waals surface area (Å²) in [5.74, 6) is 5.37. The van der Waals surface area contributed by atoms with E-state index in [1.807, 2.05) is 0 Å². The first-order valence-electron chi connectivity index (χ1n) is 16.4. The molecule has 0 radical (unpaired) electrons. The molecule has 0 spiro atoms. The Bertz CT molecular complexity index is 594. The summed E-state index contributed by atoms with van der Waals surface area (Å²) in [6.07, 6.45) is 24.7. The number of allylic oxidation sites excluding steroid dienone is 2. The van der Waals surface area contributed by atoms with Crippen molar-refractivity contribution >= 4 is 11.6 Å². The second kappa shape index (κ2) is 20.6. The number of unbranched alkanes of at least 4 members (excludes halogenated alkanes) is 2. The van der Waals surface area contributed by atoms with Crippen molar-refractivity contribution in [1.82, 2.24) is 5.32 Å². The maximum atomic E-state index is 5.91. The van der Waals surface area contributed by atoms with Gasteiger partial charge in [0.1, 0.15) is 0 Å². The summed E-state index contributed by atoms with van der Waals surface area (Å²) in [6.45, 7) is 21.4. The maximum Gasteiger partial charge on any atom is 0.0302 e. The Hall–Kier alpha value is -0.270. The van der Waals surface area contributed by atoms with Crippen LogP contribution < -0.4 is 5.32 Å². The first kappa shape index (κ1) is 34.8. The first-order valence-corrected chi connectivity index (χ1v) is 16.9. The van der Waals surface area contributed by atoms with Crippen LogP contribution in [0.1, 0.15) is 145 Å². The van der Waals surface area contributed by atoms with E-state index in [1.54, 1.807) is 0 Å². The molecule has 218 valence electrons. The predicted molar refractivity (Wildman–Crippen MR) is 170 cm³/mol. The second-order valence-corrected chi connectivity index (χ2v) is 13.7. The largest absolute Gasteiger partial charge is 0.307 e. The Balaban J connectivity index is 2.64. The Morgan fingerprint density at radius 2 is 1.65 bits per heavy atom. The fraction of sp³-hybridized carbons (Fsp3) is 0.886. The van der Waals surface area contributed by atoms with Crippen molar-refractivity contribution in [3.05, 3.63) is 24.3 Å². The molecule has 0 heterocycles. The highest BCUT2D eigenvalue weighted by atomic mass is 35.5. The van der Waals surface area contributed by atoms with Crippen LogP contribution in [0.5, 0.6) is 0 Å². The lowest BCUT2D eigenvalue weighted by Crippen LogP contribution is -2.45. The number of alkyl halides is 1. The van der Waals surface area contributed by atoms with Crippen molar-refractivity contribution in [2.45, 2.75) is 157 Å². The van der Waals surface area contributed by atoms with E-state index in [0.717, 1.165) is 35.5 Å². The molecule has 0 amide bonds. The molecule has 0 fully saturated rings. The van der Waals surface area contributed by atoms with Crippen molar-refractivity contribution < 1.29 is 0 Å². The number of rotatable bonds is 22. The van der Waals surface area contributed by atoms with Crippen LogP contribution in [0.4, 0.5) is 0 Å². The van der Waals surface area contributed by atoms with Gasteiger partial charge < -0.3 is 5.32 Å². The zero-order valence-electron chi connectivity index (χ0n) is 26.2. The van der Waals surface area contributed by atoms with E-state index >= 15 is 0 Å². The fourth-order valence-corrected chi connectivity index (χ4v) is 6.57. The summed E-state index contributed by atoms with van der Waals surface area (Å²) in [4.78, 5) is 0. The zero-order valence-corrected chi connectivity index (χ0v) is 26.9. The molecule has 1 nitrogen and oxygen atoms in total. The van der Waals surface area contributed by atoms with Gasteiger partial charge in [0.15, 0.2) is 0 Å². The van der Waals surface area contributed by atoms with E-state index in [9.17, 15) is 0 Å². The first-order chi connectivity index (χ1) is 17.7. The summed E-state index contributed by atoms with van der Waals surface area (Å²) >= 11 is 5.91. The standard InChI is InChI=1S/C35H66ClN/c1-9-17-32(22-15-16-25-36)21-14-13-18-29(6)35(28(4)5)37-31(8)34(26-30(7)27(2)3)24-23-33-19-11-10-12-20-33/h11,19,27-28,30-35,37H,6,9-10,12-18,20-26H2,1-5,7-8H3/t30-,31?,32?,33?,34?,35+/m0/s1. The van der Waals surface area contributed by atoms with Gasteiger partial charge >= 0.3 is 0 Å². The zero-order chi connectivity index (χ0) is 27.6. The van der Waals surface area contributed by atoms with Gasteiger partial charge in [-0.05, 0) is 100 Å². The molecule has 1 N–H and O–H groups in total. The van der Waals surface area contributed by atoms with Crippen LogP contribution in [0.25, 0.3) is 0 Å². The molecule has 1 rings (SSSR count). The van der Waals surface area contributed by atoms with Gasteiger partial charge in [0.25, 0.3) is 0 Å². The van der Waals surface area contributed by atoms with Crippen molar-refractivity contribution in [2.24, 2.45) is 35.5 Å². The van der Waals surface area contributed by atoms with E-state index in [4.69, 9.17) is 11.6 Å². The maximum absolute atomic E-state index is 5.91. The Labute approximate surface area is 239 Å². The van der Waals surface area contributed by atoms with Gasteiger partial charge in [-0.1, -0.05) is 104 Å². The molecular formula is C35H66ClN. The molecule has 0 saturated heterocycles. The molecule has 0 aromatic carbocycles. The average molecular weight is 536 g/mol. The van der Waals surface area contributed by atoms with E-state index < -0.39 is 0 Å². The van der Waals surface area contributed by atoms with Gasteiger partial charge in [0.2, 0.25) is 0 Å². The van der Waals surface area contributed by atoms with Gasteiger partial charge in [-0.2, -0.15) is 0 Å². The number of hydrogen-bond acceptors (Lipinski definition) is 1. The SMILES string of the molecule is C=C(CCCCC(CCC)CCCCCl)[C@H](NC(C)C(CCC1C=CCCC1)C[C@H](C)C(C)C)C(C)C. The predicted octanol–water partition coefficient (Wildman–Crippen LogP) is 11.4. The van der Waals surface area contributed by atoms with Crippen LogP contribution >= 0.6 is 11.6 Å². The molecule has 2 heteroatoms. The fourth-order valence-electron chi connectivity index (χ4n) is 6.38. The average Bonchev–Trinajstić information content (AvgIpc) is 2.87. The summed E-state index contributed by atoms with van der Waals surface area (Å²) < 4.78 is 0. The van der Waals surface area contributed by atoms with Crippen molar-refractivity contribution in [1.29, 1.82) is 0 Å². The highest BCUT2D eigenvalue weighted by Crippen LogP contribution is 2.31. The molecule has 6 atom stereocenters. The van der Waals surface area contributed by atoms with Gasteiger partial charge in [-0.25, -0.2) is 0 Å².